The summed E-state index contributed by atoms with van der Waals surface area (Å²) >= 11 is 0. The molecule has 0 bridgehead atoms. The summed E-state index contributed by atoms with van der Waals surface area (Å²) in [5, 5.41) is 5.56. The minimum absolute atomic E-state index is 0.206. The number of hydrogen-bond acceptors (Lipinski definition) is 3. The lowest BCUT2D eigenvalue weighted by Crippen LogP contribution is -2.08. The van der Waals surface area contributed by atoms with Gasteiger partial charge in [0.15, 0.2) is 0 Å². The van der Waals surface area contributed by atoms with E-state index in [4.69, 9.17) is 5.73 Å². The van der Waals surface area contributed by atoms with Crippen LogP contribution in [0.5, 0.6) is 0 Å². The third kappa shape index (κ3) is 2.30. The van der Waals surface area contributed by atoms with Crippen LogP contribution in [0.3, 0.4) is 0 Å². The number of anilines is 2. The molecule has 3 rings (SSSR count). The summed E-state index contributed by atoms with van der Waals surface area (Å²) in [7, 11) is 0. The van der Waals surface area contributed by atoms with Crippen molar-refractivity contribution in [2.24, 2.45) is 0 Å². The summed E-state index contributed by atoms with van der Waals surface area (Å²) in [4.78, 5) is 4.12. The van der Waals surface area contributed by atoms with Gasteiger partial charge in [-0.1, -0.05) is 36.4 Å². The Balaban J connectivity index is 1.93. The molecule has 0 radical (unpaired) electrons. The van der Waals surface area contributed by atoms with E-state index in [1.807, 2.05) is 42.6 Å². The lowest BCUT2D eigenvalue weighted by atomic mass is 10.1. The van der Waals surface area contributed by atoms with Crippen LogP contribution in [0.1, 0.15) is 18.5 Å². The molecule has 1 heterocycles. The number of rotatable bonds is 3. The van der Waals surface area contributed by atoms with Crippen molar-refractivity contribution in [3.8, 4) is 0 Å². The van der Waals surface area contributed by atoms with Crippen molar-refractivity contribution in [3.05, 3.63) is 66.5 Å². The Bertz CT molecular complexity index is 723. The number of pyridine rings is 1. The maximum Gasteiger partial charge on any atom is 0.0630 e. The highest BCUT2D eigenvalue weighted by molar-refractivity contribution is 5.98. The number of nitrogens with zero attached hydrogens (tertiary/aromatic N) is 1. The molecular formula is C17H17N3. The van der Waals surface area contributed by atoms with Crippen LogP contribution in [0.25, 0.3) is 10.8 Å². The summed E-state index contributed by atoms with van der Waals surface area (Å²) in [6.07, 6.45) is 3.60. The molecule has 20 heavy (non-hydrogen) atoms. The first-order valence-electron chi connectivity index (χ1n) is 6.69. The Hall–Kier alpha value is -2.55. The number of aromatic nitrogens is 1. The molecule has 3 heteroatoms. The minimum Gasteiger partial charge on any atom is -0.397 e. The van der Waals surface area contributed by atoms with Gasteiger partial charge in [0.2, 0.25) is 0 Å². The van der Waals surface area contributed by atoms with E-state index >= 15 is 0 Å². The summed E-state index contributed by atoms with van der Waals surface area (Å²) in [6, 6.07) is 16.5. The van der Waals surface area contributed by atoms with Crippen LogP contribution in [-0.2, 0) is 0 Å². The van der Waals surface area contributed by atoms with Crippen molar-refractivity contribution in [2.45, 2.75) is 13.0 Å². The Morgan fingerprint density at radius 1 is 1.05 bits per heavy atom. The van der Waals surface area contributed by atoms with E-state index in [1.165, 1.54) is 5.56 Å². The molecule has 0 saturated carbocycles. The number of hydrogen-bond donors (Lipinski definition) is 2. The van der Waals surface area contributed by atoms with Gasteiger partial charge in [-0.05, 0) is 24.6 Å². The van der Waals surface area contributed by atoms with Gasteiger partial charge in [0.05, 0.1) is 11.4 Å². The van der Waals surface area contributed by atoms with E-state index in [0.717, 1.165) is 22.1 Å². The largest absolute Gasteiger partial charge is 0.397 e. The van der Waals surface area contributed by atoms with Gasteiger partial charge in [-0.2, -0.15) is 0 Å². The maximum absolute atomic E-state index is 6.26. The van der Waals surface area contributed by atoms with Gasteiger partial charge in [0.1, 0.15) is 0 Å². The fourth-order valence-corrected chi connectivity index (χ4v) is 2.38. The second-order valence-electron chi connectivity index (χ2n) is 4.90. The van der Waals surface area contributed by atoms with Crippen molar-refractivity contribution in [2.75, 3.05) is 11.1 Å². The topological polar surface area (TPSA) is 50.9 Å². The highest BCUT2D eigenvalue weighted by Gasteiger charge is 2.08. The first-order valence-corrected chi connectivity index (χ1v) is 6.69. The molecule has 0 aliphatic carbocycles. The molecule has 0 spiro atoms. The maximum atomic E-state index is 6.26. The predicted molar refractivity (Wildman–Crippen MR) is 84.6 cm³/mol. The molecule has 0 saturated heterocycles. The van der Waals surface area contributed by atoms with Crippen LogP contribution in [-0.4, -0.2) is 4.98 Å². The molecule has 0 aliphatic heterocycles. The van der Waals surface area contributed by atoms with Crippen molar-refractivity contribution in [1.29, 1.82) is 0 Å². The van der Waals surface area contributed by atoms with Crippen LogP contribution in [0.15, 0.2) is 60.9 Å². The molecular weight excluding hydrogens is 246 g/mol. The van der Waals surface area contributed by atoms with Gasteiger partial charge >= 0.3 is 0 Å². The Labute approximate surface area is 118 Å². The quantitative estimate of drug-likeness (QED) is 0.702. The molecule has 1 atom stereocenters. The monoisotopic (exact) mass is 263 g/mol. The molecule has 1 aromatic heterocycles. The molecule has 0 aliphatic rings. The average molecular weight is 263 g/mol. The molecule has 0 amide bonds. The van der Waals surface area contributed by atoms with Gasteiger partial charge in [0.25, 0.3) is 0 Å². The lowest BCUT2D eigenvalue weighted by molar-refractivity contribution is 0.886. The fraction of sp³-hybridized carbons (Fsp3) is 0.118. The van der Waals surface area contributed by atoms with Crippen molar-refractivity contribution >= 4 is 22.1 Å². The zero-order valence-corrected chi connectivity index (χ0v) is 11.4. The summed E-state index contributed by atoms with van der Waals surface area (Å²) in [6.45, 7) is 2.13. The fourth-order valence-electron chi connectivity index (χ4n) is 2.38. The lowest BCUT2D eigenvalue weighted by Gasteiger charge is -2.18. The van der Waals surface area contributed by atoms with E-state index in [1.54, 1.807) is 6.20 Å². The second kappa shape index (κ2) is 5.21. The molecule has 3 nitrogen and oxygen atoms in total. The number of nitrogen functional groups attached to an aromatic ring is 1. The van der Waals surface area contributed by atoms with E-state index in [9.17, 15) is 0 Å². The van der Waals surface area contributed by atoms with Crippen LogP contribution in [0.2, 0.25) is 0 Å². The number of nitrogens with one attached hydrogen (secondary N) is 1. The highest BCUT2D eigenvalue weighted by atomic mass is 14.9. The highest BCUT2D eigenvalue weighted by Crippen LogP contribution is 2.30. The van der Waals surface area contributed by atoms with Gasteiger partial charge in [0, 0.05) is 29.2 Å². The van der Waals surface area contributed by atoms with Crippen molar-refractivity contribution < 1.29 is 0 Å². The van der Waals surface area contributed by atoms with E-state index < -0.39 is 0 Å². The Morgan fingerprint density at radius 2 is 1.85 bits per heavy atom. The normalized spacial score (nSPS) is 12.2. The molecule has 3 aromatic rings. The Kier molecular flexibility index (Phi) is 3.25. The van der Waals surface area contributed by atoms with Gasteiger partial charge in [-0.3, -0.25) is 4.98 Å². The van der Waals surface area contributed by atoms with Crippen LogP contribution >= 0.6 is 0 Å². The first-order chi connectivity index (χ1) is 9.75. The zero-order valence-electron chi connectivity index (χ0n) is 11.4. The number of fused-ring (bicyclic) bond motifs is 1. The molecule has 3 N–H and O–H groups in total. The molecule has 100 valence electrons. The third-order valence-corrected chi connectivity index (χ3v) is 3.53. The molecule has 0 fully saturated rings. The van der Waals surface area contributed by atoms with Gasteiger partial charge in [-0.25, -0.2) is 0 Å². The predicted octanol–water partition coefficient (Wildman–Crippen LogP) is 3.99. The van der Waals surface area contributed by atoms with Gasteiger partial charge < -0.3 is 11.1 Å². The average Bonchev–Trinajstić information content (AvgIpc) is 2.51. The molecule has 1 unspecified atom stereocenters. The summed E-state index contributed by atoms with van der Waals surface area (Å²) in [5.74, 6) is 0. The van der Waals surface area contributed by atoms with E-state index in [2.05, 4.69) is 29.4 Å². The van der Waals surface area contributed by atoms with Crippen molar-refractivity contribution in [1.82, 2.24) is 4.98 Å². The zero-order chi connectivity index (χ0) is 13.9. The smallest absolute Gasteiger partial charge is 0.0630 e. The van der Waals surface area contributed by atoms with E-state index in [-0.39, 0.29) is 6.04 Å². The van der Waals surface area contributed by atoms with Gasteiger partial charge in [-0.15, -0.1) is 0 Å². The molecule has 2 aromatic carbocycles. The van der Waals surface area contributed by atoms with Crippen LogP contribution in [0.4, 0.5) is 11.4 Å². The summed E-state index contributed by atoms with van der Waals surface area (Å²) in [5.41, 5.74) is 9.22. The first kappa shape index (κ1) is 12.5. The van der Waals surface area contributed by atoms with Crippen molar-refractivity contribution in [3.63, 3.8) is 0 Å². The number of benzene rings is 2. The Morgan fingerprint density at radius 3 is 2.65 bits per heavy atom. The number of nitrogens with two attached hydrogens (primary N) is 1. The van der Waals surface area contributed by atoms with Crippen LogP contribution < -0.4 is 11.1 Å². The third-order valence-electron chi connectivity index (χ3n) is 3.53. The standard InChI is InChI=1S/C17H17N3/c1-12(13-5-3-2-4-6-13)20-16-8-7-14-11-19-10-9-15(14)17(16)18/h2-12,20H,18H2,1H3. The van der Waals surface area contributed by atoms with Crippen LogP contribution in [0, 0.1) is 0 Å². The SMILES string of the molecule is CC(Nc1ccc2cnccc2c1N)c1ccccc1. The minimum atomic E-state index is 0.206. The van der Waals surface area contributed by atoms with E-state index in [0.29, 0.717) is 0 Å². The summed E-state index contributed by atoms with van der Waals surface area (Å²) < 4.78 is 0. The second-order valence-corrected chi connectivity index (χ2v) is 4.90.